The fourth-order valence-corrected chi connectivity index (χ4v) is 2.32. The molecule has 3 nitrogen and oxygen atoms in total. The summed E-state index contributed by atoms with van der Waals surface area (Å²) < 4.78 is 20.7. The highest BCUT2D eigenvalue weighted by Crippen LogP contribution is 2.19. The minimum Gasteiger partial charge on any atom is -0.303 e. The summed E-state index contributed by atoms with van der Waals surface area (Å²) in [5, 5.41) is 0. The molecule has 1 aliphatic rings. The zero-order valence-electron chi connectivity index (χ0n) is 8.65. The molecule has 0 spiro atoms. The van der Waals surface area contributed by atoms with Gasteiger partial charge in [0.05, 0.1) is 0 Å². The smallest absolute Gasteiger partial charge is 0.140 e. The highest BCUT2D eigenvalue weighted by molar-refractivity contribution is 7.72. The molecule has 0 aliphatic carbocycles. The van der Waals surface area contributed by atoms with Crippen molar-refractivity contribution in [2.45, 2.75) is 25.7 Å². The molecule has 0 aromatic heterocycles. The molecular formula is C10H20NO2S. The van der Waals surface area contributed by atoms with Crippen molar-refractivity contribution < 1.29 is 8.42 Å². The van der Waals surface area contributed by atoms with Gasteiger partial charge in [-0.2, -0.15) is 0 Å². The van der Waals surface area contributed by atoms with E-state index in [1.54, 1.807) is 0 Å². The molecule has 0 aromatic rings. The van der Waals surface area contributed by atoms with E-state index in [4.69, 9.17) is 0 Å². The van der Waals surface area contributed by atoms with Gasteiger partial charge in [-0.05, 0) is 44.8 Å². The van der Waals surface area contributed by atoms with Crippen LogP contribution in [0.1, 0.15) is 25.7 Å². The Morgan fingerprint density at radius 3 is 2.43 bits per heavy atom. The Morgan fingerprint density at radius 2 is 1.93 bits per heavy atom. The molecule has 0 N–H and O–H groups in total. The lowest BCUT2D eigenvalue weighted by atomic mass is 9.94. The minimum atomic E-state index is -2.18. The van der Waals surface area contributed by atoms with E-state index in [-0.39, 0.29) is 0 Å². The van der Waals surface area contributed by atoms with Crippen LogP contribution in [0.2, 0.25) is 0 Å². The topological polar surface area (TPSA) is 37.4 Å². The molecule has 83 valence electrons. The normalized spacial score (nSPS) is 20.4. The first-order chi connectivity index (χ1) is 6.72. The summed E-state index contributed by atoms with van der Waals surface area (Å²) in [4.78, 5) is 2.37. The van der Waals surface area contributed by atoms with Gasteiger partial charge in [-0.25, -0.2) is 8.42 Å². The third kappa shape index (κ3) is 4.42. The lowest BCUT2D eigenvalue weighted by molar-refractivity contribution is 0.185. The van der Waals surface area contributed by atoms with Gasteiger partial charge in [0.2, 0.25) is 0 Å². The molecule has 14 heavy (non-hydrogen) atoms. The van der Waals surface area contributed by atoms with Crippen molar-refractivity contribution in [2.24, 2.45) is 5.92 Å². The molecule has 0 unspecified atom stereocenters. The maximum Gasteiger partial charge on any atom is 0.140 e. The summed E-state index contributed by atoms with van der Waals surface area (Å²) in [6, 6.07) is 0. The number of thiol groups is 1. The average Bonchev–Trinajstić information content (AvgIpc) is 2.18. The van der Waals surface area contributed by atoms with Crippen LogP contribution in [0.15, 0.2) is 0 Å². The summed E-state index contributed by atoms with van der Waals surface area (Å²) >= 11 is 0. The van der Waals surface area contributed by atoms with Crippen LogP contribution >= 0.6 is 0 Å². The van der Waals surface area contributed by atoms with E-state index in [9.17, 15) is 8.42 Å². The Balaban J connectivity index is 2.10. The van der Waals surface area contributed by atoms with Crippen molar-refractivity contribution in [3.05, 3.63) is 6.92 Å². The number of nitrogens with zero attached hydrogens (tertiary/aromatic N) is 1. The lowest BCUT2D eigenvalue weighted by Crippen LogP contribution is -2.34. The first-order valence-corrected chi connectivity index (χ1v) is 6.72. The van der Waals surface area contributed by atoms with E-state index in [2.05, 4.69) is 11.8 Å². The summed E-state index contributed by atoms with van der Waals surface area (Å²) in [7, 11) is -2.18. The predicted molar refractivity (Wildman–Crippen MR) is 58.9 cm³/mol. The largest absolute Gasteiger partial charge is 0.303 e. The van der Waals surface area contributed by atoms with E-state index in [0.29, 0.717) is 5.75 Å². The van der Waals surface area contributed by atoms with Crippen LogP contribution in [-0.4, -0.2) is 38.7 Å². The zero-order chi connectivity index (χ0) is 10.4. The maximum absolute atomic E-state index is 10.3. The van der Waals surface area contributed by atoms with E-state index >= 15 is 0 Å². The van der Waals surface area contributed by atoms with Crippen LogP contribution in [0.5, 0.6) is 0 Å². The molecule has 0 saturated carbocycles. The fraction of sp³-hybridized carbons (Fsp3) is 0.900. The van der Waals surface area contributed by atoms with Crippen molar-refractivity contribution in [3.63, 3.8) is 0 Å². The van der Waals surface area contributed by atoms with Crippen molar-refractivity contribution in [1.29, 1.82) is 0 Å². The lowest BCUT2D eigenvalue weighted by Gasteiger charge is -2.31. The zero-order valence-corrected chi connectivity index (χ0v) is 9.55. The molecule has 1 rings (SSSR count). The quantitative estimate of drug-likeness (QED) is 0.697. The Bertz CT molecular complexity index is 212. The van der Waals surface area contributed by atoms with Gasteiger partial charge in [-0.15, -0.1) is 0 Å². The van der Waals surface area contributed by atoms with Gasteiger partial charge in [0.15, 0.2) is 0 Å². The number of hydrogen-bond acceptors (Lipinski definition) is 3. The molecule has 1 radical (unpaired) electrons. The maximum atomic E-state index is 10.3. The van der Waals surface area contributed by atoms with Gasteiger partial charge < -0.3 is 4.90 Å². The fourth-order valence-electron chi connectivity index (χ4n) is 1.92. The second-order valence-electron chi connectivity index (χ2n) is 3.98. The minimum absolute atomic E-state index is 0.338. The SMILES string of the molecule is [CH2]CC1CCN(CCC[SH](=O)=O)CC1. The van der Waals surface area contributed by atoms with Gasteiger partial charge in [0.1, 0.15) is 10.7 Å². The Morgan fingerprint density at radius 1 is 1.29 bits per heavy atom. The van der Waals surface area contributed by atoms with Crippen LogP contribution in [0.4, 0.5) is 0 Å². The van der Waals surface area contributed by atoms with Crippen LogP contribution in [0.25, 0.3) is 0 Å². The van der Waals surface area contributed by atoms with Crippen LogP contribution < -0.4 is 0 Å². The van der Waals surface area contributed by atoms with Crippen LogP contribution in [0, 0.1) is 12.8 Å². The molecule has 4 heteroatoms. The molecule has 0 atom stereocenters. The molecule has 1 aliphatic heterocycles. The molecule has 0 amide bonds. The molecule has 0 bridgehead atoms. The van der Waals surface area contributed by atoms with E-state index < -0.39 is 10.7 Å². The Kier molecular flexibility index (Phi) is 5.48. The second kappa shape index (κ2) is 6.40. The number of hydrogen-bond donors (Lipinski definition) is 1. The van der Waals surface area contributed by atoms with E-state index in [0.717, 1.165) is 38.4 Å². The third-order valence-corrected chi connectivity index (χ3v) is 3.61. The first-order valence-electron chi connectivity index (χ1n) is 5.35. The van der Waals surface area contributed by atoms with Crippen molar-refractivity contribution in [3.8, 4) is 0 Å². The number of piperidine rings is 1. The summed E-state index contributed by atoms with van der Waals surface area (Å²) in [6.45, 7) is 7.10. The van der Waals surface area contributed by atoms with E-state index in [1.807, 2.05) is 0 Å². The average molecular weight is 218 g/mol. The monoisotopic (exact) mass is 218 g/mol. The van der Waals surface area contributed by atoms with Gasteiger partial charge in [0.25, 0.3) is 0 Å². The van der Waals surface area contributed by atoms with Crippen molar-refractivity contribution in [2.75, 3.05) is 25.4 Å². The molecule has 0 aromatic carbocycles. The standard InChI is InChI=1S/C10H20NO2S/c1-2-10-4-7-11(8-5-10)6-3-9-14(12)13/h10,14H,1-9H2. The highest BCUT2D eigenvalue weighted by atomic mass is 32.2. The van der Waals surface area contributed by atoms with E-state index in [1.165, 1.54) is 12.8 Å². The van der Waals surface area contributed by atoms with Crippen LogP contribution in [-0.2, 0) is 10.7 Å². The Hall–Kier alpha value is -0.0900. The third-order valence-electron chi connectivity index (χ3n) is 2.93. The van der Waals surface area contributed by atoms with Crippen LogP contribution in [0.3, 0.4) is 0 Å². The summed E-state index contributed by atoms with van der Waals surface area (Å²) in [6.07, 6.45) is 4.29. The van der Waals surface area contributed by atoms with Gasteiger partial charge in [0, 0.05) is 5.75 Å². The van der Waals surface area contributed by atoms with Crippen molar-refractivity contribution in [1.82, 2.24) is 4.90 Å². The Labute approximate surface area is 88.4 Å². The number of rotatable bonds is 5. The van der Waals surface area contributed by atoms with Gasteiger partial charge >= 0.3 is 0 Å². The van der Waals surface area contributed by atoms with Gasteiger partial charge in [-0.3, -0.25) is 0 Å². The summed E-state index contributed by atoms with van der Waals surface area (Å²) in [5.41, 5.74) is 0. The molecular weight excluding hydrogens is 198 g/mol. The molecule has 1 heterocycles. The second-order valence-corrected chi connectivity index (χ2v) is 5.10. The molecule has 1 fully saturated rings. The predicted octanol–water partition coefficient (Wildman–Crippen LogP) is 0.924. The highest BCUT2D eigenvalue weighted by Gasteiger charge is 2.16. The molecule has 1 saturated heterocycles. The van der Waals surface area contributed by atoms with Gasteiger partial charge in [-0.1, -0.05) is 13.3 Å². The number of likely N-dealkylation sites (tertiary alicyclic amines) is 1. The summed E-state index contributed by atoms with van der Waals surface area (Å²) in [5.74, 6) is 1.13. The first kappa shape index (κ1) is 12.0. The van der Waals surface area contributed by atoms with Crippen molar-refractivity contribution >= 4 is 10.7 Å².